The summed E-state index contributed by atoms with van der Waals surface area (Å²) in [6.45, 7) is 10.2. The SMILES string of the molecule is C=C(C)C(O)(Cc1ccccc1)C1=NC(C)(C)CO1. The maximum Gasteiger partial charge on any atom is 0.221 e. The van der Waals surface area contributed by atoms with Crippen LogP contribution >= 0.6 is 0 Å². The topological polar surface area (TPSA) is 41.8 Å². The van der Waals surface area contributed by atoms with Gasteiger partial charge in [0, 0.05) is 6.42 Å². The molecular formula is C16H21NO2. The van der Waals surface area contributed by atoms with Crippen LogP contribution in [0, 0.1) is 0 Å². The first kappa shape index (κ1) is 13.8. The Kier molecular flexibility index (Phi) is 3.50. The maximum absolute atomic E-state index is 10.9. The summed E-state index contributed by atoms with van der Waals surface area (Å²) in [5, 5.41) is 10.9. The highest BCUT2D eigenvalue weighted by molar-refractivity contribution is 5.90. The van der Waals surface area contributed by atoms with Crippen molar-refractivity contribution in [3.63, 3.8) is 0 Å². The fourth-order valence-corrected chi connectivity index (χ4v) is 2.10. The lowest BCUT2D eigenvalue weighted by atomic mass is 9.88. The lowest BCUT2D eigenvalue weighted by molar-refractivity contribution is 0.117. The number of benzene rings is 1. The van der Waals surface area contributed by atoms with Crippen LogP contribution in [0.3, 0.4) is 0 Å². The zero-order valence-corrected chi connectivity index (χ0v) is 11.8. The molecule has 2 rings (SSSR count). The smallest absolute Gasteiger partial charge is 0.221 e. The molecule has 1 aliphatic heterocycles. The van der Waals surface area contributed by atoms with E-state index in [4.69, 9.17) is 4.74 Å². The zero-order valence-electron chi connectivity index (χ0n) is 11.8. The quantitative estimate of drug-likeness (QED) is 0.845. The van der Waals surface area contributed by atoms with Crippen LogP contribution in [-0.4, -0.2) is 28.8 Å². The maximum atomic E-state index is 10.9. The van der Waals surface area contributed by atoms with Gasteiger partial charge in [0.25, 0.3) is 0 Å². The molecule has 3 heteroatoms. The molecule has 0 spiro atoms. The van der Waals surface area contributed by atoms with Gasteiger partial charge in [0.1, 0.15) is 6.61 Å². The lowest BCUT2D eigenvalue weighted by Gasteiger charge is -2.27. The largest absolute Gasteiger partial charge is 0.476 e. The van der Waals surface area contributed by atoms with E-state index in [-0.39, 0.29) is 5.54 Å². The van der Waals surface area contributed by atoms with Crippen molar-refractivity contribution >= 4 is 5.90 Å². The van der Waals surface area contributed by atoms with E-state index in [1.807, 2.05) is 44.2 Å². The molecule has 102 valence electrons. The summed E-state index contributed by atoms with van der Waals surface area (Å²) in [7, 11) is 0. The van der Waals surface area contributed by atoms with Crippen molar-refractivity contribution in [1.29, 1.82) is 0 Å². The number of aliphatic hydroxyl groups is 1. The van der Waals surface area contributed by atoms with Gasteiger partial charge in [-0.15, -0.1) is 0 Å². The monoisotopic (exact) mass is 259 g/mol. The molecule has 1 N–H and O–H groups in total. The van der Waals surface area contributed by atoms with Gasteiger partial charge in [-0.3, -0.25) is 0 Å². The highest BCUT2D eigenvalue weighted by Crippen LogP contribution is 2.29. The first-order valence-electron chi connectivity index (χ1n) is 6.49. The fourth-order valence-electron chi connectivity index (χ4n) is 2.10. The predicted octanol–water partition coefficient (Wildman–Crippen LogP) is 2.74. The minimum atomic E-state index is -1.23. The third kappa shape index (κ3) is 2.87. The molecule has 0 amide bonds. The molecule has 3 nitrogen and oxygen atoms in total. The summed E-state index contributed by atoms with van der Waals surface area (Å²) in [6.07, 6.45) is 0.429. The second-order valence-electron chi connectivity index (χ2n) is 5.82. The summed E-state index contributed by atoms with van der Waals surface area (Å²) in [5.74, 6) is 0.383. The van der Waals surface area contributed by atoms with Crippen LogP contribution in [-0.2, 0) is 11.2 Å². The van der Waals surface area contributed by atoms with E-state index < -0.39 is 5.60 Å². The Bertz CT molecular complexity index is 505. The van der Waals surface area contributed by atoms with Crippen molar-refractivity contribution in [3.05, 3.63) is 48.0 Å². The first-order chi connectivity index (χ1) is 8.83. The summed E-state index contributed by atoms with van der Waals surface area (Å²) < 4.78 is 5.61. The molecular weight excluding hydrogens is 238 g/mol. The van der Waals surface area contributed by atoms with Gasteiger partial charge in [-0.2, -0.15) is 0 Å². The number of aliphatic imine (C=N–C) groups is 1. The second-order valence-corrected chi connectivity index (χ2v) is 5.82. The molecule has 1 aromatic rings. The van der Waals surface area contributed by atoms with Crippen LogP contribution in [0.4, 0.5) is 0 Å². The second kappa shape index (κ2) is 4.82. The highest BCUT2D eigenvalue weighted by atomic mass is 16.5. The highest BCUT2D eigenvalue weighted by Gasteiger charge is 2.41. The predicted molar refractivity (Wildman–Crippen MR) is 77.4 cm³/mol. The van der Waals surface area contributed by atoms with Crippen LogP contribution in [0.15, 0.2) is 47.5 Å². The number of rotatable bonds is 4. The summed E-state index contributed by atoms with van der Waals surface area (Å²) >= 11 is 0. The summed E-state index contributed by atoms with van der Waals surface area (Å²) in [6, 6.07) is 9.82. The van der Waals surface area contributed by atoms with Crippen LogP contribution in [0.2, 0.25) is 0 Å². The number of hydrogen-bond acceptors (Lipinski definition) is 3. The summed E-state index contributed by atoms with van der Waals surface area (Å²) in [5.41, 5.74) is 0.168. The van der Waals surface area contributed by atoms with Gasteiger partial charge < -0.3 is 9.84 Å². The molecule has 0 aliphatic carbocycles. The molecule has 0 radical (unpaired) electrons. The third-order valence-electron chi connectivity index (χ3n) is 3.33. The van der Waals surface area contributed by atoms with Crippen molar-refractivity contribution in [2.75, 3.05) is 6.61 Å². The normalized spacial score (nSPS) is 20.3. The lowest BCUT2D eigenvalue weighted by Crippen LogP contribution is -2.42. The third-order valence-corrected chi connectivity index (χ3v) is 3.33. The molecule has 1 heterocycles. The van der Waals surface area contributed by atoms with Gasteiger partial charge in [0.05, 0.1) is 5.54 Å². The Hall–Kier alpha value is -1.61. The average Bonchev–Trinajstić information content (AvgIpc) is 2.71. The van der Waals surface area contributed by atoms with Gasteiger partial charge in [0.2, 0.25) is 5.90 Å². The molecule has 1 aliphatic rings. The van der Waals surface area contributed by atoms with Crippen LogP contribution < -0.4 is 0 Å². The van der Waals surface area contributed by atoms with E-state index in [0.29, 0.717) is 24.5 Å². The van der Waals surface area contributed by atoms with E-state index in [0.717, 1.165) is 5.56 Å². The van der Waals surface area contributed by atoms with Gasteiger partial charge in [-0.05, 0) is 31.9 Å². The molecule has 0 saturated carbocycles. The zero-order chi connectivity index (χ0) is 14.1. The van der Waals surface area contributed by atoms with Gasteiger partial charge in [-0.25, -0.2) is 4.99 Å². The van der Waals surface area contributed by atoms with Gasteiger partial charge in [-0.1, -0.05) is 36.9 Å². The van der Waals surface area contributed by atoms with E-state index >= 15 is 0 Å². The molecule has 19 heavy (non-hydrogen) atoms. The summed E-state index contributed by atoms with van der Waals surface area (Å²) in [4.78, 5) is 4.49. The number of ether oxygens (including phenoxy) is 1. The Morgan fingerprint density at radius 2 is 2.05 bits per heavy atom. The molecule has 1 aromatic carbocycles. The van der Waals surface area contributed by atoms with E-state index in [1.54, 1.807) is 6.92 Å². The standard InChI is InChI=1S/C16H21NO2/c1-12(2)16(18,10-13-8-6-5-7-9-13)14-17-15(3,4)11-19-14/h5-9,18H,1,10-11H2,2-4H3. The average molecular weight is 259 g/mol. The van der Waals surface area contributed by atoms with E-state index in [9.17, 15) is 5.11 Å². The van der Waals surface area contributed by atoms with Crippen molar-refractivity contribution in [1.82, 2.24) is 0 Å². The molecule has 0 bridgehead atoms. The van der Waals surface area contributed by atoms with Gasteiger partial charge in [0.15, 0.2) is 5.60 Å². The number of nitrogens with zero attached hydrogens (tertiary/aromatic N) is 1. The molecule has 1 atom stereocenters. The van der Waals surface area contributed by atoms with Crippen LogP contribution in [0.25, 0.3) is 0 Å². The van der Waals surface area contributed by atoms with E-state index in [1.165, 1.54) is 0 Å². The van der Waals surface area contributed by atoms with E-state index in [2.05, 4.69) is 11.6 Å². The van der Waals surface area contributed by atoms with Crippen molar-refractivity contribution in [3.8, 4) is 0 Å². The van der Waals surface area contributed by atoms with Crippen molar-refractivity contribution < 1.29 is 9.84 Å². The Morgan fingerprint density at radius 1 is 1.42 bits per heavy atom. The Morgan fingerprint density at radius 3 is 2.53 bits per heavy atom. The fraction of sp³-hybridized carbons (Fsp3) is 0.438. The Balaban J connectivity index is 2.32. The van der Waals surface area contributed by atoms with Gasteiger partial charge >= 0.3 is 0 Å². The minimum absolute atomic E-state index is 0.282. The molecule has 0 fully saturated rings. The molecule has 1 unspecified atom stereocenters. The van der Waals surface area contributed by atoms with Crippen molar-refractivity contribution in [2.24, 2.45) is 4.99 Å². The van der Waals surface area contributed by atoms with Crippen molar-refractivity contribution in [2.45, 2.75) is 38.3 Å². The molecule has 0 saturated heterocycles. The Labute approximate surface area is 114 Å². The first-order valence-corrected chi connectivity index (χ1v) is 6.49. The molecule has 0 aromatic heterocycles. The van der Waals surface area contributed by atoms with Crippen LogP contribution in [0.1, 0.15) is 26.3 Å². The number of hydrogen-bond donors (Lipinski definition) is 1. The minimum Gasteiger partial charge on any atom is -0.476 e. The van der Waals surface area contributed by atoms with Crippen LogP contribution in [0.5, 0.6) is 0 Å².